The number of likely N-dealkylation sites (tertiary alicyclic amines) is 1. The van der Waals surface area contributed by atoms with E-state index < -0.39 is 0 Å². The first-order valence-corrected chi connectivity index (χ1v) is 11.7. The van der Waals surface area contributed by atoms with Gasteiger partial charge < -0.3 is 25.0 Å². The second-order valence-electron chi connectivity index (χ2n) is 8.97. The Balaban J connectivity index is 1.45. The lowest BCUT2D eigenvalue weighted by Crippen LogP contribution is -2.34. The topological polar surface area (TPSA) is 86.5 Å². The van der Waals surface area contributed by atoms with Gasteiger partial charge >= 0.3 is 0 Å². The molecule has 1 saturated heterocycles. The monoisotopic (exact) mass is 486 g/mol. The van der Waals surface area contributed by atoms with Crippen molar-refractivity contribution in [1.29, 1.82) is 0 Å². The van der Waals surface area contributed by atoms with Crippen molar-refractivity contribution in [3.8, 4) is 11.3 Å². The first-order valence-electron chi connectivity index (χ1n) is 11.7. The van der Waals surface area contributed by atoms with E-state index in [2.05, 4.69) is 44.2 Å². The second kappa shape index (κ2) is 9.79. The van der Waals surface area contributed by atoms with Gasteiger partial charge in [-0.2, -0.15) is 0 Å². The minimum Gasteiger partial charge on any atom is -0.369 e. The maximum atomic E-state index is 13.8. The minimum atomic E-state index is -0.354. The van der Waals surface area contributed by atoms with Crippen molar-refractivity contribution < 1.29 is 13.7 Å². The van der Waals surface area contributed by atoms with Crippen LogP contribution in [0, 0.1) is 5.82 Å². The van der Waals surface area contributed by atoms with Gasteiger partial charge in [-0.05, 0) is 62.5 Å². The number of rotatable bonds is 7. The van der Waals surface area contributed by atoms with Gasteiger partial charge in [0.1, 0.15) is 17.2 Å². The molecule has 1 atom stereocenters. The number of benzene rings is 2. The molecule has 1 aliphatic heterocycles. The zero-order valence-corrected chi connectivity index (χ0v) is 20.2. The molecule has 1 unspecified atom stereocenters. The van der Waals surface area contributed by atoms with E-state index in [4.69, 9.17) is 4.52 Å². The van der Waals surface area contributed by atoms with Crippen LogP contribution in [0.3, 0.4) is 0 Å². The third-order valence-corrected chi connectivity index (χ3v) is 6.46. The van der Waals surface area contributed by atoms with Crippen LogP contribution in [0.2, 0.25) is 0 Å². The fraction of sp³-hybridized carbons (Fsp3) is 0.222. The summed E-state index contributed by atoms with van der Waals surface area (Å²) in [4.78, 5) is 21.1. The summed E-state index contributed by atoms with van der Waals surface area (Å²) in [6.07, 6.45) is 3.91. The summed E-state index contributed by atoms with van der Waals surface area (Å²) in [5, 5.41) is 11.0. The van der Waals surface area contributed by atoms with E-state index in [9.17, 15) is 9.18 Å². The molecule has 0 spiro atoms. The van der Waals surface area contributed by atoms with Crippen molar-refractivity contribution in [2.24, 2.45) is 0 Å². The van der Waals surface area contributed by atoms with Crippen molar-refractivity contribution in [2.45, 2.75) is 12.5 Å². The van der Waals surface area contributed by atoms with Crippen molar-refractivity contribution in [2.75, 3.05) is 42.7 Å². The van der Waals surface area contributed by atoms with Crippen LogP contribution in [0.5, 0.6) is 0 Å². The van der Waals surface area contributed by atoms with Gasteiger partial charge in [0.2, 0.25) is 5.91 Å². The SMILES string of the molecule is C=CC(=O)Nc1cc(Nc2cc3c(-c4cccc(F)c4)onc3cn2)ccc1N(C)C1CCN(C)C1. The Hall–Kier alpha value is -4.24. The number of halogens is 1. The van der Waals surface area contributed by atoms with E-state index in [1.807, 2.05) is 31.3 Å². The number of pyridine rings is 1. The fourth-order valence-corrected chi connectivity index (χ4v) is 4.53. The number of amides is 1. The van der Waals surface area contributed by atoms with Crippen LogP contribution in [-0.4, -0.2) is 54.2 Å². The summed E-state index contributed by atoms with van der Waals surface area (Å²) in [5.74, 6) is 0.386. The van der Waals surface area contributed by atoms with Crippen LogP contribution >= 0.6 is 0 Å². The van der Waals surface area contributed by atoms with E-state index in [1.165, 1.54) is 18.2 Å². The zero-order valence-electron chi connectivity index (χ0n) is 20.2. The standard InChI is InChI=1S/C27H27FN6O2/c1-4-26(35)31-22-13-19(8-9-24(22)34(3)20-10-11-33(2)16-20)30-25-14-21-23(15-29-25)32-36-27(21)17-6-5-7-18(28)12-17/h4-9,12-15,20,30H,1,10-11,16H2,2-3H3,(H,31,35). The highest BCUT2D eigenvalue weighted by molar-refractivity contribution is 6.02. The molecule has 2 aromatic carbocycles. The number of hydrogen-bond acceptors (Lipinski definition) is 7. The maximum absolute atomic E-state index is 13.8. The average molecular weight is 487 g/mol. The van der Waals surface area contributed by atoms with Crippen LogP contribution in [0.4, 0.5) is 27.3 Å². The van der Waals surface area contributed by atoms with Gasteiger partial charge in [-0.15, -0.1) is 0 Å². The lowest BCUT2D eigenvalue weighted by Gasteiger charge is -2.29. The molecule has 9 heteroatoms. The lowest BCUT2D eigenvalue weighted by molar-refractivity contribution is -0.111. The Morgan fingerprint density at radius 1 is 1.28 bits per heavy atom. The Kier molecular flexibility index (Phi) is 6.39. The molecule has 0 saturated carbocycles. The van der Waals surface area contributed by atoms with Gasteiger partial charge in [-0.3, -0.25) is 4.79 Å². The Bertz CT molecular complexity index is 1440. The number of fused-ring (bicyclic) bond motifs is 1. The predicted octanol–water partition coefficient (Wildman–Crippen LogP) is 5.04. The number of nitrogens with one attached hydrogen (secondary N) is 2. The summed E-state index contributed by atoms with van der Waals surface area (Å²) in [6.45, 7) is 5.57. The Morgan fingerprint density at radius 3 is 2.89 bits per heavy atom. The zero-order chi connectivity index (χ0) is 25.2. The molecule has 2 N–H and O–H groups in total. The highest BCUT2D eigenvalue weighted by Crippen LogP contribution is 2.34. The molecular formula is C27H27FN6O2. The van der Waals surface area contributed by atoms with Crippen molar-refractivity contribution in [3.05, 3.63) is 73.2 Å². The molecule has 0 radical (unpaired) electrons. The molecule has 3 heterocycles. The van der Waals surface area contributed by atoms with Gasteiger partial charge in [0.15, 0.2) is 5.76 Å². The van der Waals surface area contributed by atoms with Gasteiger partial charge in [-0.1, -0.05) is 23.9 Å². The predicted molar refractivity (Wildman–Crippen MR) is 140 cm³/mol. The van der Waals surface area contributed by atoms with Gasteiger partial charge in [0.05, 0.1) is 23.0 Å². The summed E-state index contributed by atoms with van der Waals surface area (Å²) < 4.78 is 19.2. The number of aromatic nitrogens is 2. The molecule has 0 aliphatic carbocycles. The second-order valence-corrected chi connectivity index (χ2v) is 8.97. The first kappa shape index (κ1) is 23.5. The van der Waals surface area contributed by atoms with Crippen LogP contribution in [0.25, 0.3) is 22.2 Å². The van der Waals surface area contributed by atoms with Crippen LogP contribution in [0.1, 0.15) is 6.42 Å². The number of carbonyl (C=O) groups excluding carboxylic acids is 1. The minimum absolute atomic E-state index is 0.283. The van der Waals surface area contributed by atoms with E-state index in [0.29, 0.717) is 39.8 Å². The van der Waals surface area contributed by atoms with Crippen LogP contribution in [0.15, 0.2) is 71.9 Å². The molecule has 5 rings (SSSR count). The first-order chi connectivity index (χ1) is 17.4. The number of anilines is 4. The van der Waals surface area contributed by atoms with E-state index in [0.717, 1.165) is 30.9 Å². The summed E-state index contributed by atoms with van der Waals surface area (Å²) in [5.41, 5.74) is 3.50. The number of likely N-dealkylation sites (N-methyl/N-ethyl adjacent to an activating group) is 2. The number of carbonyl (C=O) groups is 1. The highest BCUT2D eigenvalue weighted by atomic mass is 19.1. The molecule has 2 aromatic heterocycles. The normalized spacial score (nSPS) is 15.7. The third kappa shape index (κ3) is 4.78. The van der Waals surface area contributed by atoms with E-state index in [1.54, 1.807) is 18.3 Å². The van der Waals surface area contributed by atoms with Gasteiger partial charge in [0.25, 0.3) is 0 Å². The van der Waals surface area contributed by atoms with Crippen LogP contribution < -0.4 is 15.5 Å². The molecule has 36 heavy (non-hydrogen) atoms. The lowest BCUT2D eigenvalue weighted by atomic mass is 10.1. The van der Waals surface area contributed by atoms with Crippen LogP contribution in [-0.2, 0) is 4.79 Å². The molecule has 1 fully saturated rings. The summed E-state index contributed by atoms with van der Waals surface area (Å²) in [7, 11) is 4.16. The molecule has 1 aliphatic rings. The molecular weight excluding hydrogens is 459 g/mol. The molecule has 8 nitrogen and oxygen atoms in total. The number of hydrogen-bond donors (Lipinski definition) is 2. The van der Waals surface area contributed by atoms with Gasteiger partial charge in [-0.25, -0.2) is 9.37 Å². The highest BCUT2D eigenvalue weighted by Gasteiger charge is 2.25. The third-order valence-electron chi connectivity index (χ3n) is 6.46. The Morgan fingerprint density at radius 2 is 2.14 bits per heavy atom. The molecule has 0 bridgehead atoms. The molecule has 184 valence electrons. The molecule has 4 aromatic rings. The molecule has 1 amide bonds. The summed E-state index contributed by atoms with van der Waals surface area (Å²) >= 11 is 0. The Labute approximate surface area is 208 Å². The smallest absolute Gasteiger partial charge is 0.247 e. The van der Waals surface area contributed by atoms with E-state index >= 15 is 0 Å². The maximum Gasteiger partial charge on any atom is 0.247 e. The average Bonchev–Trinajstić information content (AvgIpc) is 3.50. The van der Waals surface area contributed by atoms with Crippen molar-refractivity contribution in [3.63, 3.8) is 0 Å². The van der Waals surface area contributed by atoms with E-state index in [-0.39, 0.29) is 11.7 Å². The summed E-state index contributed by atoms with van der Waals surface area (Å²) in [6, 6.07) is 14.1. The van der Waals surface area contributed by atoms with Crippen molar-refractivity contribution in [1.82, 2.24) is 15.0 Å². The fourth-order valence-electron chi connectivity index (χ4n) is 4.53. The number of nitrogens with zero attached hydrogens (tertiary/aromatic N) is 4. The van der Waals surface area contributed by atoms with Gasteiger partial charge in [0, 0.05) is 30.9 Å². The quantitative estimate of drug-likeness (QED) is 0.354. The largest absolute Gasteiger partial charge is 0.369 e. The van der Waals surface area contributed by atoms with Crippen molar-refractivity contribution >= 4 is 39.7 Å².